The highest BCUT2D eigenvalue weighted by atomic mass is 16.6. The van der Waals surface area contributed by atoms with Gasteiger partial charge >= 0.3 is 12.0 Å². The third-order valence-corrected chi connectivity index (χ3v) is 4.54. The average Bonchev–Trinajstić information content (AvgIpc) is 2.68. The number of aliphatic imine (C=N–C) groups is 1. The van der Waals surface area contributed by atoms with Crippen LogP contribution in [0.5, 0.6) is 0 Å². The van der Waals surface area contributed by atoms with Crippen LogP contribution in [0.15, 0.2) is 59.6 Å². The van der Waals surface area contributed by atoms with Crippen molar-refractivity contribution in [2.75, 3.05) is 6.61 Å². The van der Waals surface area contributed by atoms with Crippen LogP contribution < -0.4 is 5.32 Å². The molecule has 2 aromatic rings. The van der Waals surface area contributed by atoms with Gasteiger partial charge in [-0.15, -0.1) is 0 Å². The molecule has 2 amide bonds. The zero-order valence-corrected chi connectivity index (χ0v) is 15.2. The Balaban J connectivity index is 1.74. The molecule has 0 aliphatic carbocycles. The van der Waals surface area contributed by atoms with Gasteiger partial charge in [0.15, 0.2) is 0 Å². The molecule has 8 heteroatoms. The molecule has 144 valence electrons. The van der Waals surface area contributed by atoms with Gasteiger partial charge in [0.05, 0.1) is 17.6 Å². The van der Waals surface area contributed by atoms with Gasteiger partial charge in [-0.25, -0.2) is 9.79 Å². The molecule has 0 saturated heterocycles. The lowest BCUT2D eigenvalue weighted by Crippen LogP contribution is -2.44. The fraction of sp³-hybridized carbons (Fsp3) is 0.250. The quantitative estimate of drug-likeness (QED) is 0.469. The summed E-state index contributed by atoms with van der Waals surface area (Å²) in [6.07, 6.45) is 0.573. The fourth-order valence-corrected chi connectivity index (χ4v) is 3.11. The Morgan fingerprint density at radius 3 is 2.50 bits per heavy atom. The number of amides is 2. The molecule has 1 aliphatic rings. The molecule has 28 heavy (non-hydrogen) atoms. The Kier molecular flexibility index (Phi) is 5.78. The van der Waals surface area contributed by atoms with Crippen LogP contribution in [-0.2, 0) is 16.0 Å². The van der Waals surface area contributed by atoms with Gasteiger partial charge in [-0.1, -0.05) is 42.5 Å². The first-order valence-electron chi connectivity index (χ1n) is 8.76. The molecule has 1 aliphatic heterocycles. The number of benzene rings is 2. The molecule has 1 N–H and O–H groups in total. The lowest BCUT2D eigenvalue weighted by atomic mass is 9.88. The highest BCUT2D eigenvalue weighted by Gasteiger charge is 2.38. The van der Waals surface area contributed by atoms with Gasteiger partial charge in [0.1, 0.15) is 5.92 Å². The molecular formula is C20H19N3O5. The summed E-state index contributed by atoms with van der Waals surface area (Å²) in [6, 6.07) is 14.1. The molecule has 2 aromatic carbocycles. The van der Waals surface area contributed by atoms with Crippen molar-refractivity contribution in [2.45, 2.75) is 19.4 Å². The molecule has 0 fully saturated rings. The third kappa shape index (κ3) is 4.40. The van der Waals surface area contributed by atoms with E-state index in [1.807, 2.05) is 30.3 Å². The van der Waals surface area contributed by atoms with E-state index in [-0.39, 0.29) is 12.3 Å². The minimum atomic E-state index is -0.796. The first-order chi connectivity index (χ1) is 13.5. The van der Waals surface area contributed by atoms with Crippen LogP contribution in [0.25, 0.3) is 0 Å². The number of carbonyl (C=O) groups excluding carboxylic acids is 2. The smallest absolute Gasteiger partial charge is 0.341 e. The number of non-ortho nitro benzene ring substituents is 1. The van der Waals surface area contributed by atoms with E-state index in [4.69, 9.17) is 4.74 Å². The Bertz CT molecular complexity index is 909. The van der Waals surface area contributed by atoms with E-state index in [1.165, 1.54) is 24.3 Å². The number of nitro benzene ring substituents is 1. The van der Waals surface area contributed by atoms with Gasteiger partial charge in [0.2, 0.25) is 0 Å². The molecule has 2 unspecified atom stereocenters. The molecule has 8 nitrogen and oxygen atoms in total. The monoisotopic (exact) mass is 381 g/mol. The van der Waals surface area contributed by atoms with Crippen molar-refractivity contribution >= 4 is 23.4 Å². The number of rotatable bonds is 6. The first-order valence-corrected chi connectivity index (χ1v) is 8.76. The van der Waals surface area contributed by atoms with Gasteiger partial charge < -0.3 is 10.1 Å². The molecule has 1 heterocycles. The highest BCUT2D eigenvalue weighted by molar-refractivity contribution is 6.08. The van der Waals surface area contributed by atoms with E-state index in [9.17, 15) is 19.7 Å². The number of carbonyl (C=O) groups is 2. The maximum absolute atomic E-state index is 12.7. The highest BCUT2D eigenvalue weighted by Crippen LogP contribution is 2.29. The number of nitrogens with zero attached hydrogens (tertiary/aromatic N) is 2. The van der Waals surface area contributed by atoms with Crippen LogP contribution >= 0.6 is 0 Å². The van der Waals surface area contributed by atoms with E-state index in [1.54, 1.807) is 6.92 Å². The van der Waals surface area contributed by atoms with Crippen molar-refractivity contribution in [3.8, 4) is 0 Å². The van der Waals surface area contributed by atoms with Crippen LogP contribution in [0.3, 0.4) is 0 Å². The summed E-state index contributed by atoms with van der Waals surface area (Å²) >= 11 is 0. The second-order valence-electron chi connectivity index (χ2n) is 6.41. The summed E-state index contributed by atoms with van der Waals surface area (Å²) in [6.45, 7) is 1.80. The normalized spacial score (nSPS) is 18.8. The topological polar surface area (TPSA) is 111 Å². The lowest BCUT2D eigenvalue weighted by Gasteiger charge is -2.29. The fourth-order valence-electron chi connectivity index (χ4n) is 3.11. The molecule has 0 saturated carbocycles. The van der Waals surface area contributed by atoms with E-state index >= 15 is 0 Å². The molecule has 0 aromatic heterocycles. The third-order valence-electron chi connectivity index (χ3n) is 4.54. The minimum Gasteiger partial charge on any atom is -0.465 e. The van der Waals surface area contributed by atoms with Crippen molar-refractivity contribution in [2.24, 2.45) is 10.9 Å². The van der Waals surface area contributed by atoms with E-state index in [0.717, 1.165) is 5.56 Å². The summed E-state index contributed by atoms with van der Waals surface area (Å²) in [5, 5.41) is 13.5. The van der Waals surface area contributed by atoms with Crippen LogP contribution in [0.2, 0.25) is 0 Å². The summed E-state index contributed by atoms with van der Waals surface area (Å²) in [5.41, 5.74) is 1.89. The van der Waals surface area contributed by atoms with Crippen LogP contribution in [0, 0.1) is 16.0 Å². The van der Waals surface area contributed by atoms with Crippen LogP contribution in [0.4, 0.5) is 10.5 Å². The molecule has 0 bridgehead atoms. The minimum absolute atomic E-state index is 0.0711. The summed E-state index contributed by atoms with van der Waals surface area (Å²) in [7, 11) is 0. The van der Waals surface area contributed by atoms with Gasteiger partial charge in [-0.05, 0) is 18.1 Å². The number of nitro groups is 1. The van der Waals surface area contributed by atoms with Crippen molar-refractivity contribution in [1.29, 1.82) is 0 Å². The number of hydrogen-bond acceptors (Lipinski definition) is 5. The van der Waals surface area contributed by atoms with Crippen LogP contribution in [0.1, 0.15) is 24.1 Å². The van der Waals surface area contributed by atoms with Gasteiger partial charge in [-0.2, -0.15) is 0 Å². The maximum Gasteiger partial charge on any atom is 0.341 e. The van der Waals surface area contributed by atoms with Crippen molar-refractivity contribution < 1.29 is 19.2 Å². The zero-order valence-electron chi connectivity index (χ0n) is 15.2. The number of nitrogens with one attached hydrogen (secondary N) is 1. The van der Waals surface area contributed by atoms with Gasteiger partial charge in [0.25, 0.3) is 5.69 Å². The number of urea groups is 1. The maximum atomic E-state index is 12.7. The van der Waals surface area contributed by atoms with E-state index in [2.05, 4.69) is 10.3 Å². The predicted octanol–water partition coefficient (Wildman–Crippen LogP) is 3.22. The lowest BCUT2D eigenvalue weighted by molar-refractivity contribution is -0.384. The molecule has 3 rings (SSSR count). The number of esters is 1. The molecule has 2 atom stereocenters. The second kappa shape index (κ2) is 8.43. The van der Waals surface area contributed by atoms with Crippen molar-refractivity contribution in [3.63, 3.8) is 0 Å². The van der Waals surface area contributed by atoms with Gasteiger partial charge in [-0.3, -0.25) is 14.9 Å². The number of hydrogen-bond donors (Lipinski definition) is 1. The SMILES string of the molecule is CC1=NC(=O)NC(c2ccc([N+](=O)[O-])cc2)C1C(=O)OCCc1ccccc1. The standard InChI is InChI=1S/C20H19N3O5/c1-13-17(19(24)28-12-11-14-5-3-2-4-6-14)18(22-20(25)21-13)15-7-9-16(10-8-15)23(26)27/h2-10,17-18H,11-12H2,1H3,(H,22,25). The molecule has 0 radical (unpaired) electrons. The Labute approximate surface area is 161 Å². The summed E-state index contributed by atoms with van der Waals surface area (Å²) in [4.78, 5) is 38.7. The second-order valence-corrected chi connectivity index (χ2v) is 6.41. The summed E-state index contributed by atoms with van der Waals surface area (Å²) < 4.78 is 5.43. The number of ether oxygens (including phenoxy) is 1. The molecular weight excluding hydrogens is 362 g/mol. The van der Waals surface area contributed by atoms with Gasteiger partial charge in [0, 0.05) is 24.3 Å². The average molecular weight is 381 g/mol. The first kappa shape index (κ1) is 19.2. The van der Waals surface area contributed by atoms with Crippen molar-refractivity contribution in [1.82, 2.24) is 5.32 Å². The van der Waals surface area contributed by atoms with E-state index in [0.29, 0.717) is 17.7 Å². The van der Waals surface area contributed by atoms with Crippen molar-refractivity contribution in [3.05, 3.63) is 75.8 Å². The summed E-state index contributed by atoms with van der Waals surface area (Å²) in [5.74, 6) is -1.30. The predicted molar refractivity (Wildman–Crippen MR) is 102 cm³/mol. The Morgan fingerprint density at radius 2 is 1.86 bits per heavy atom. The van der Waals surface area contributed by atoms with Crippen LogP contribution in [-0.4, -0.2) is 29.2 Å². The van der Waals surface area contributed by atoms with E-state index < -0.39 is 28.9 Å². The Morgan fingerprint density at radius 1 is 1.18 bits per heavy atom. The Hall–Kier alpha value is -3.55. The largest absolute Gasteiger partial charge is 0.465 e. The zero-order chi connectivity index (χ0) is 20.1. The molecule has 0 spiro atoms.